The van der Waals surface area contributed by atoms with E-state index >= 15 is 0 Å². The van der Waals surface area contributed by atoms with E-state index in [0.717, 1.165) is 0 Å². The summed E-state index contributed by atoms with van der Waals surface area (Å²) in [6.07, 6.45) is 4.22. The number of hydrogen-bond acceptors (Lipinski definition) is 3. The zero-order valence-electron chi connectivity index (χ0n) is 5.74. The van der Waals surface area contributed by atoms with Crippen molar-refractivity contribution in [2.75, 3.05) is 0 Å². The van der Waals surface area contributed by atoms with Gasteiger partial charge in [0.2, 0.25) is 0 Å². The molecule has 0 unspecified atom stereocenters. The van der Waals surface area contributed by atoms with Crippen LogP contribution < -0.4 is 0 Å². The summed E-state index contributed by atoms with van der Waals surface area (Å²) in [4.78, 5) is 9.87. The fraction of sp³-hybridized carbons (Fsp3) is 0.143. The lowest BCUT2D eigenvalue weighted by molar-refractivity contribution is 0.435. The van der Waals surface area contributed by atoms with Crippen molar-refractivity contribution >= 4 is 0 Å². The molecule has 0 spiro atoms. The fourth-order valence-corrected chi connectivity index (χ4v) is 0.361. The molecule has 3 nitrogen and oxygen atoms in total. The van der Waals surface area contributed by atoms with Crippen LogP contribution in [0.3, 0.4) is 0 Å². The summed E-state index contributed by atoms with van der Waals surface area (Å²) in [6, 6.07) is 0. The fourth-order valence-electron chi connectivity index (χ4n) is 0.361. The van der Waals surface area contributed by atoms with Gasteiger partial charge in [-0.25, -0.2) is 0 Å². The molecule has 0 aromatic rings. The predicted octanol–water partition coefficient (Wildman–Crippen LogP) is 2.28. The molecule has 0 amide bonds. The van der Waals surface area contributed by atoms with Crippen molar-refractivity contribution in [2.24, 2.45) is 5.18 Å². The standard InChI is InChI=1S/C7H9NO2/c1-3-7(8-10)5-4-6(2)9/h3-5,9H,2H2,1H3/b5-4-,7-3+. The van der Waals surface area contributed by atoms with Crippen LogP contribution in [0.1, 0.15) is 6.92 Å². The summed E-state index contributed by atoms with van der Waals surface area (Å²) in [5.74, 6) is -0.0944. The summed E-state index contributed by atoms with van der Waals surface area (Å²) in [6.45, 7) is 4.88. The Balaban J connectivity index is 4.11. The van der Waals surface area contributed by atoms with E-state index in [4.69, 9.17) is 5.11 Å². The highest BCUT2D eigenvalue weighted by Crippen LogP contribution is 1.98. The van der Waals surface area contributed by atoms with Crippen LogP contribution in [0.2, 0.25) is 0 Å². The molecule has 0 aliphatic rings. The van der Waals surface area contributed by atoms with E-state index in [1.165, 1.54) is 18.2 Å². The van der Waals surface area contributed by atoms with Gasteiger partial charge in [0, 0.05) is 0 Å². The number of nitrogens with zero attached hydrogens (tertiary/aromatic N) is 1. The predicted molar refractivity (Wildman–Crippen MR) is 40.5 cm³/mol. The minimum absolute atomic E-state index is 0.0944. The van der Waals surface area contributed by atoms with Crippen LogP contribution in [0.25, 0.3) is 0 Å². The Hall–Kier alpha value is -1.38. The lowest BCUT2D eigenvalue weighted by Gasteiger charge is -1.84. The number of nitroso groups, excluding NO2 is 1. The molecule has 1 N–H and O–H groups in total. The van der Waals surface area contributed by atoms with Crippen LogP contribution in [0.15, 0.2) is 41.4 Å². The van der Waals surface area contributed by atoms with Gasteiger partial charge in [-0.2, -0.15) is 0 Å². The Morgan fingerprint density at radius 1 is 1.60 bits per heavy atom. The Bertz CT molecular complexity index is 192. The zero-order valence-corrected chi connectivity index (χ0v) is 5.74. The number of rotatable bonds is 3. The quantitative estimate of drug-likeness (QED) is 0.370. The molecule has 0 aliphatic carbocycles. The molecule has 0 aromatic carbocycles. The first-order valence-corrected chi connectivity index (χ1v) is 2.76. The van der Waals surface area contributed by atoms with Crippen LogP contribution in [0.5, 0.6) is 0 Å². The second-order valence-electron chi connectivity index (χ2n) is 1.63. The normalized spacial score (nSPS) is 11.9. The monoisotopic (exact) mass is 139 g/mol. The van der Waals surface area contributed by atoms with Gasteiger partial charge in [0.1, 0.15) is 11.5 Å². The Morgan fingerprint density at radius 2 is 2.20 bits per heavy atom. The topological polar surface area (TPSA) is 49.7 Å². The third-order valence-electron chi connectivity index (χ3n) is 0.848. The van der Waals surface area contributed by atoms with Gasteiger partial charge in [0.25, 0.3) is 0 Å². The molecule has 0 aliphatic heterocycles. The maximum absolute atomic E-state index is 9.87. The number of aliphatic hydroxyl groups is 1. The average molecular weight is 139 g/mol. The molecule has 0 bridgehead atoms. The van der Waals surface area contributed by atoms with Crippen molar-refractivity contribution < 1.29 is 5.11 Å². The molecule has 0 heterocycles. The number of hydrogen-bond donors (Lipinski definition) is 1. The third-order valence-corrected chi connectivity index (χ3v) is 0.848. The van der Waals surface area contributed by atoms with Gasteiger partial charge in [-0.05, 0) is 24.3 Å². The summed E-state index contributed by atoms with van der Waals surface area (Å²) in [7, 11) is 0. The first kappa shape index (κ1) is 8.62. The van der Waals surface area contributed by atoms with Gasteiger partial charge in [-0.3, -0.25) is 0 Å². The van der Waals surface area contributed by atoms with Crippen LogP contribution in [0.4, 0.5) is 0 Å². The van der Waals surface area contributed by atoms with E-state index in [0.29, 0.717) is 0 Å². The summed E-state index contributed by atoms with van der Waals surface area (Å²) in [5, 5.41) is 11.2. The largest absolute Gasteiger partial charge is 0.509 e. The maximum atomic E-state index is 9.87. The van der Waals surface area contributed by atoms with Gasteiger partial charge < -0.3 is 5.11 Å². The third kappa shape index (κ3) is 3.60. The maximum Gasteiger partial charge on any atom is 0.108 e. The van der Waals surface area contributed by atoms with Crippen molar-refractivity contribution in [3.05, 3.63) is 41.2 Å². The van der Waals surface area contributed by atoms with Gasteiger partial charge in [-0.15, -0.1) is 4.91 Å². The summed E-state index contributed by atoms with van der Waals surface area (Å²) >= 11 is 0. The molecular weight excluding hydrogens is 130 g/mol. The van der Waals surface area contributed by atoms with Gasteiger partial charge >= 0.3 is 0 Å². The summed E-state index contributed by atoms with van der Waals surface area (Å²) in [5.41, 5.74) is 0.273. The van der Waals surface area contributed by atoms with Crippen molar-refractivity contribution in [2.45, 2.75) is 6.92 Å². The van der Waals surface area contributed by atoms with E-state index < -0.39 is 0 Å². The smallest absolute Gasteiger partial charge is 0.108 e. The molecule has 0 atom stereocenters. The first-order valence-electron chi connectivity index (χ1n) is 2.76. The van der Waals surface area contributed by atoms with E-state index in [1.807, 2.05) is 0 Å². The highest BCUT2D eigenvalue weighted by molar-refractivity contribution is 5.21. The highest BCUT2D eigenvalue weighted by Gasteiger charge is 1.85. The lowest BCUT2D eigenvalue weighted by Crippen LogP contribution is -1.70. The van der Waals surface area contributed by atoms with Crippen molar-refractivity contribution in [3.63, 3.8) is 0 Å². The lowest BCUT2D eigenvalue weighted by atomic mass is 10.3. The van der Waals surface area contributed by atoms with Gasteiger partial charge in [0.05, 0.1) is 0 Å². The van der Waals surface area contributed by atoms with Crippen LogP contribution in [-0.2, 0) is 0 Å². The van der Waals surface area contributed by atoms with Crippen molar-refractivity contribution in [1.29, 1.82) is 0 Å². The Kier molecular flexibility index (Phi) is 3.87. The van der Waals surface area contributed by atoms with Crippen LogP contribution >= 0.6 is 0 Å². The second-order valence-corrected chi connectivity index (χ2v) is 1.63. The van der Waals surface area contributed by atoms with Crippen LogP contribution in [-0.4, -0.2) is 5.11 Å². The molecule has 3 heteroatoms. The highest BCUT2D eigenvalue weighted by atomic mass is 16.3. The second kappa shape index (κ2) is 4.49. The Labute approximate surface area is 59.3 Å². The van der Waals surface area contributed by atoms with E-state index in [2.05, 4.69) is 11.8 Å². The summed E-state index contributed by atoms with van der Waals surface area (Å²) < 4.78 is 0. The minimum Gasteiger partial charge on any atom is -0.509 e. The molecule has 10 heavy (non-hydrogen) atoms. The molecule has 0 radical (unpaired) electrons. The molecule has 54 valence electrons. The van der Waals surface area contributed by atoms with Crippen molar-refractivity contribution in [3.8, 4) is 0 Å². The first-order chi connectivity index (χ1) is 4.70. The molecule has 0 rings (SSSR count). The molecule has 0 saturated carbocycles. The SMILES string of the molecule is C=C(O)/C=C\C(=C/C)N=O. The number of allylic oxidation sites excluding steroid dienone is 3. The average Bonchev–Trinajstić information content (AvgIpc) is 1.90. The minimum atomic E-state index is -0.0944. The van der Waals surface area contributed by atoms with Gasteiger partial charge in [0.15, 0.2) is 0 Å². The van der Waals surface area contributed by atoms with Crippen LogP contribution in [0, 0.1) is 4.91 Å². The molecule has 0 fully saturated rings. The van der Waals surface area contributed by atoms with E-state index in [1.54, 1.807) is 6.92 Å². The zero-order chi connectivity index (χ0) is 7.98. The molecule has 0 aromatic heterocycles. The number of aliphatic hydroxyl groups excluding tert-OH is 1. The molecule has 0 saturated heterocycles. The van der Waals surface area contributed by atoms with E-state index in [9.17, 15) is 4.91 Å². The van der Waals surface area contributed by atoms with Gasteiger partial charge in [-0.1, -0.05) is 12.7 Å². The molecular formula is C7H9NO2. The Morgan fingerprint density at radius 3 is 2.50 bits per heavy atom. The van der Waals surface area contributed by atoms with E-state index in [-0.39, 0.29) is 11.5 Å². The van der Waals surface area contributed by atoms with Crippen molar-refractivity contribution in [1.82, 2.24) is 0 Å².